The third kappa shape index (κ3) is 4.15. The number of esters is 1. The molecular formula is C15H22N2O4. The number of aromatic nitrogens is 1. The lowest BCUT2D eigenvalue weighted by Gasteiger charge is -2.36. The van der Waals surface area contributed by atoms with Gasteiger partial charge in [0, 0.05) is 19.2 Å². The summed E-state index contributed by atoms with van der Waals surface area (Å²) in [5, 5.41) is 3.32. The van der Waals surface area contributed by atoms with Crippen LogP contribution in [0.4, 0.5) is 0 Å². The second-order valence-corrected chi connectivity index (χ2v) is 5.72. The maximum atomic E-state index is 11.5. The lowest BCUT2D eigenvalue weighted by Crippen LogP contribution is -2.52. The summed E-state index contributed by atoms with van der Waals surface area (Å²) < 4.78 is 16.3. The number of methoxy groups -OCH3 is 1. The van der Waals surface area contributed by atoms with Crippen molar-refractivity contribution >= 4 is 5.97 Å². The van der Waals surface area contributed by atoms with Crippen LogP contribution in [-0.2, 0) is 9.47 Å². The van der Waals surface area contributed by atoms with Gasteiger partial charge in [0.2, 0.25) is 5.88 Å². The van der Waals surface area contributed by atoms with Gasteiger partial charge in [-0.1, -0.05) is 0 Å². The number of rotatable bonds is 4. The van der Waals surface area contributed by atoms with E-state index in [0.29, 0.717) is 23.7 Å². The Labute approximate surface area is 124 Å². The molecule has 0 saturated carbocycles. The van der Waals surface area contributed by atoms with Gasteiger partial charge in [-0.25, -0.2) is 9.78 Å². The molecule has 0 bridgehead atoms. The number of nitrogens with one attached hydrogen (secondary N) is 1. The first-order valence-electron chi connectivity index (χ1n) is 6.98. The Morgan fingerprint density at radius 2 is 2.29 bits per heavy atom. The van der Waals surface area contributed by atoms with E-state index in [9.17, 15) is 4.79 Å². The Morgan fingerprint density at radius 1 is 1.52 bits per heavy atom. The summed E-state index contributed by atoms with van der Waals surface area (Å²) in [5.74, 6) is 0.0836. The van der Waals surface area contributed by atoms with Crippen molar-refractivity contribution < 1.29 is 19.0 Å². The Morgan fingerprint density at radius 3 is 2.90 bits per heavy atom. The van der Waals surface area contributed by atoms with Crippen molar-refractivity contribution in [2.24, 2.45) is 0 Å². The second-order valence-electron chi connectivity index (χ2n) is 5.72. The fourth-order valence-corrected chi connectivity index (χ4v) is 2.28. The summed E-state index contributed by atoms with van der Waals surface area (Å²) in [6.07, 6.45) is -0.0175. The molecule has 0 aliphatic carbocycles. The summed E-state index contributed by atoms with van der Waals surface area (Å²) in [6.45, 7) is 7.83. The third-order valence-electron chi connectivity index (χ3n) is 3.29. The SMILES string of the molecule is COC(=O)c1ccc(OCC2CNCC(C)(C)O2)nc1C. The van der Waals surface area contributed by atoms with Gasteiger partial charge >= 0.3 is 5.97 Å². The molecule has 1 atom stereocenters. The van der Waals surface area contributed by atoms with Gasteiger partial charge in [-0.3, -0.25) is 0 Å². The number of hydrogen-bond donors (Lipinski definition) is 1. The van der Waals surface area contributed by atoms with Crippen LogP contribution in [0.15, 0.2) is 12.1 Å². The molecule has 1 saturated heterocycles. The zero-order valence-electron chi connectivity index (χ0n) is 12.9. The molecule has 0 aromatic carbocycles. The number of carbonyl (C=O) groups excluding carboxylic acids is 1. The van der Waals surface area contributed by atoms with Crippen LogP contribution in [0.2, 0.25) is 0 Å². The highest BCUT2D eigenvalue weighted by atomic mass is 16.6. The molecule has 1 aliphatic rings. The normalized spacial score (nSPS) is 20.9. The average Bonchev–Trinajstić information content (AvgIpc) is 2.43. The molecule has 1 aromatic rings. The van der Waals surface area contributed by atoms with Crippen LogP contribution in [0.25, 0.3) is 0 Å². The van der Waals surface area contributed by atoms with Crippen LogP contribution in [0.3, 0.4) is 0 Å². The number of hydrogen-bond acceptors (Lipinski definition) is 6. The van der Waals surface area contributed by atoms with Gasteiger partial charge in [0.1, 0.15) is 12.7 Å². The molecule has 6 nitrogen and oxygen atoms in total. The Balaban J connectivity index is 1.95. The van der Waals surface area contributed by atoms with E-state index >= 15 is 0 Å². The van der Waals surface area contributed by atoms with Crippen LogP contribution in [0.1, 0.15) is 29.9 Å². The Kier molecular flexibility index (Phi) is 4.80. The van der Waals surface area contributed by atoms with Crippen molar-refractivity contribution in [3.8, 4) is 5.88 Å². The van der Waals surface area contributed by atoms with Gasteiger partial charge in [-0.05, 0) is 26.8 Å². The van der Waals surface area contributed by atoms with E-state index in [-0.39, 0.29) is 11.7 Å². The van der Waals surface area contributed by atoms with E-state index in [0.717, 1.165) is 13.1 Å². The summed E-state index contributed by atoms with van der Waals surface area (Å²) >= 11 is 0. The first-order valence-corrected chi connectivity index (χ1v) is 6.98. The molecule has 1 aliphatic heterocycles. The number of morpholine rings is 1. The van der Waals surface area contributed by atoms with Crippen molar-refractivity contribution in [1.82, 2.24) is 10.3 Å². The molecule has 21 heavy (non-hydrogen) atoms. The molecule has 2 rings (SSSR count). The molecule has 1 fully saturated rings. The molecule has 6 heteroatoms. The van der Waals surface area contributed by atoms with Crippen LogP contribution < -0.4 is 10.1 Å². The fraction of sp³-hybridized carbons (Fsp3) is 0.600. The van der Waals surface area contributed by atoms with Gasteiger partial charge in [-0.2, -0.15) is 0 Å². The third-order valence-corrected chi connectivity index (χ3v) is 3.29. The minimum atomic E-state index is -0.395. The van der Waals surface area contributed by atoms with E-state index < -0.39 is 5.97 Å². The average molecular weight is 294 g/mol. The molecule has 1 aromatic heterocycles. The van der Waals surface area contributed by atoms with Crippen LogP contribution in [0, 0.1) is 6.92 Å². The maximum Gasteiger partial charge on any atom is 0.339 e. The summed E-state index contributed by atoms with van der Waals surface area (Å²) in [6, 6.07) is 3.33. The van der Waals surface area contributed by atoms with Crippen molar-refractivity contribution in [3.63, 3.8) is 0 Å². The minimum absolute atomic E-state index is 0.0175. The summed E-state index contributed by atoms with van der Waals surface area (Å²) in [5.41, 5.74) is 0.841. The Bertz CT molecular complexity index is 516. The van der Waals surface area contributed by atoms with Gasteiger partial charge in [-0.15, -0.1) is 0 Å². The number of ether oxygens (including phenoxy) is 3. The standard InChI is InChI=1S/C15H22N2O4/c1-10-12(14(18)19-4)5-6-13(17-10)20-8-11-7-16-9-15(2,3)21-11/h5-6,11,16H,7-9H2,1-4H3. The minimum Gasteiger partial charge on any atom is -0.475 e. The quantitative estimate of drug-likeness (QED) is 0.845. The molecule has 1 unspecified atom stereocenters. The van der Waals surface area contributed by atoms with Crippen molar-refractivity contribution in [2.75, 3.05) is 26.8 Å². The van der Waals surface area contributed by atoms with Crippen LogP contribution >= 0.6 is 0 Å². The summed E-state index contributed by atoms with van der Waals surface area (Å²) in [7, 11) is 1.35. The van der Waals surface area contributed by atoms with E-state index in [2.05, 4.69) is 15.0 Å². The van der Waals surface area contributed by atoms with Crippen molar-refractivity contribution in [3.05, 3.63) is 23.4 Å². The molecule has 116 valence electrons. The van der Waals surface area contributed by atoms with Crippen LogP contribution in [0.5, 0.6) is 5.88 Å². The maximum absolute atomic E-state index is 11.5. The van der Waals surface area contributed by atoms with Crippen molar-refractivity contribution in [2.45, 2.75) is 32.5 Å². The van der Waals surface area contributed by atoms with E-state index in [1.165, 1.54) is 7.11 Å². The fourth-order valence-electron chi connectivity index (χ4n) is 2.28. The van der Waals surface area contributed by atoms with E-state index in [4.69, 9.17) is 9.47 Å². The van der Waals surface area contributed by atoms with E-state index in [1.54, 1.807) is 19.1 Å². The predicted octanol–water partition coefficient (Wildman–Crippen LogP) is 1.32. The van der Waals surface area contributed by atoms with Gasteiger partial charge in [0.25, 0.3) is 0 Å². The first kappa shape index (κ1) is 15.7. The molecule has 2 heterocycles. The number of nitrogens with zero attached hydrogens (tertiary/aromatic N) is 1. The molecule has 0 spiro atoms. The van der Waals surface area contributed by atoms with Gasteiger partial charge in [0.05, 0.1) is 24.0 Å². The molecule has 0 radical (unpaired) electrons. The van der Waals surface area contributed by atoms with Crippen molar-refractivity contribution in [1.29, 1.82) is 0 Å². The number of carbonyl (C=O) groups is 1. The van der Waals surface area contributed by atoms with E-state index in [1.807, 2.05) is 13.8 Å². The molecule has 1 N–H and O–H groups in total. The number of pyridine rings is 1. The van der Waals surface area contributed by atoms with Gasteiger partial charge in [0.15, 0.2) is 0 Å². The molecular weight excluding hydrogens is 272 g/mol. The molecule has 0 amide bonds. The largest absolute Gasteiger partial charge is 0.475 e. The zero-order chi connectivity index (χ0) is 15.5. The highest BCUT2D eigenvalue weighted by Gasteiger charge is 2.28. The highest BCUT2D eigenvalue weighted by molar-refractivity contribution is 5.90. The highest BCUT2D eigenvalue weighted by Crippen LogP contribution is 2.17. The first-order chi connectivity index (χ1) is 9.91. The van der Waals surface area contributed by atoms with Crippen LogP contribution in [-0.4, -0.2) is 49.5 Å². The summed E-state index contributed by atoms with van der Waals surface area (Å²) in [4.78, 5) is 15.8. The Hall–Kier alpha value is -1.66. The zero-order valence-corrected chi connectivity index (χ0v) is 12.9. The predicted molar refractivity (Wildman–Crippen MR) is 77.6 cm³/mol. The smallest absolute Gasteiger partial charge is 0.339 e. The van der Waals surface area contributed by atoms with Gasteiger partial charge < -0.3 is 19.5 Å². The number of aryl methyl sites for hydroxylation is 1. The second kappa shape index (κ2) is 6.41. The monoisotopic (exact) mass is 294 g/mol. The lowest BCUT2D eigenvalue weighted by atomic mass is 10.1. The lowest BCUT2D eigenvalue weighted by molar-refractivity contribution is -0.107. The topological polar surface area (TPSA) is 69.7 Å².